The zero-order chi connectivity index (χ0) is 12.1. The van der Waals surface area contributed by atoms with E-state index in [1.165, 1.54) is 0 Å². The van der Waals surface area contributed by atoms with Crippen LogP contribution in [0, 0.1) is 11.3 Å². The largest absolute Gasteiger partial charge is 0.385 e. The predicted octanol–water partition coefficient (Wildman–Crippen LogP) is 1.34. The van der Waals surface area contributed by atoms with Crippen molar-refractivity contribution in [1.82, 2.24) is 14.8 Å². The number of nitrogens with zero attached hydrogens (tertiary/aromatic N) is 4. The predicted molar refractivity (Wildman–Crippen MR) is 64.4 cm³/mol. The van der Waals surface area contributed by atoms with Crippen LogP contribution in [-0.2, 0) is 13.5 Å². The second kappa shape index (κ2) is 5.12. The van der Waals surface area contributed by atoms with Crippen molar-refractivity contribution < 1.29 is 0 Å². The molecule has 0 saturated heterocycles. The molecule has 1 aromatic heterocycles. The van der Waals surface area contributed by atoms with E-state index in [4.69, 9.17) is 5.26 Å². The van der Waals surface area contributed by atoms with Crippen LogP contribution in [-0.4, -0.2) is 21.3 Å². The van der Waals surface area contributed by atoms with Crippen LogP contribution in [0.3, 0.4) is 0 Å². The Bertz CT molecular complexity index is 521. The minimum Gasteiger partial charge on any atom is -0.385 e. The molecule has 2 rings (SSSR count). The first-order valence-electron chi connectivity index (χ1n) is 5.36. The van der Waals surface area contributed by atoms with Crippen LogP contribution in [0.5, 0.6) is 0 Å². The molecular formula is C12H13N5. The van der Waals surface area contributed by atoms with Gasteiger partial charge in [-0.3, -0.25) is 0 Å². The van der Waals surface area contributed by atoms with E-state index in [0.717, 1.165) is 24.5 Å². The second-order valence-electron chi connectivity index (χ2n) is 3.72. The molecule has 0 spiro atoms. The molecule has 0 unspecified atom stereocenters. The summed E-state index contributed by atoms with van der Waals surface area (Å²) in [5.41, 5.74) is 1.68. The maximum atomic E-state index is 8.67. The molecule has 0 aliphatic carbocycles. The van der Waals surface area contributed by atoms with Gasteiger partial charge in [0.1, 0.15) is 12.2 Å². The molecule has 0 radical (unpaired) electrons. The summed E-state index contributed by atoms with van der Waals surface area (Å²) in [5, 5.41) is 19.8. The zero-order valence-electron chi connectivity index (χ0n) is 9.59. The third kappa shape index (κ3) is 2.82. The highest BCUT2D eigenvalue weighted by Crippen LogP contribution is 2.08. The fraction of sp³-hybridized carbons (Fsp3) is 0.250. The summed E-state index contributed by atoms with van der Waals surface area (Å²) in [6, 6.07) is 9.48. The summed E-state index contributed by atoms with van der Waals surface area (Å²) >= 11 is 0. The number of aryl methyl sites for hydroxylation is 1. The molecule has 0 saturated carbocycles. The summed E-state index contributed by atoms with van der Waals surface area (Å²) < 4.78 is 1.90. The van der Waals surface area contributed by atoms with Gasteiger partial charge >= 0.3 is 0 Å². The van der Waals surface area contributed by atoms with E-state index in [0.29, 0.717) is 5.56 Å². The highest BCUT2D eigenvalue weighted by molar-refractivity contribution is 5.47. The third-order valence-corrected chi connectivity index (χ3v) is 2.50. The summed E-state index contributed by atoms with van der Waals surface area (Å²) in [6.07, 6.45) is 2.51. The normalized spacial score (nSPS) is 9.88. The molecular weight excluding hydrogens is 214 g/mol. The van der Waals surface area contributed by atoms with Gasteiger partial charge in [0.25, 0.3) is 0 Å². The van der Waals surface area contributed by atoms with Gasteiger partial charge in [-0.1, -0.05) is 0 Å². The van der Waals surface area contributed by atoms with Crippen LogP contribution in [0.15, 0.2) is 30.6 Å². The van der Waals surface area contributed by atoms with E-state index in [1.807, 2.05) is 23.7 Å². The van der Waals surface area contributed by atoms with Crippen LogP contribution in [0.25, 0.3) is 0 Å². The quantitative estimate of drug-likeness (QED) is 0.856. The van der Waals surface area contributed by atoms with E-state index < -0.39 is 0 Å². The fourth-order valence-corrected chi connectivity index (χ4v) is 1.51. The second-order valence-corrected chi connectivity index (χ2v) is 3.72. The first kappa shape index (κ1) is 11.1. The smallest absolute Gasteiger partial charge is 0.134 e. The lowest BCUT2D eigenvalue weighted by atomic mass is 10.2. The Morgan fingerprint density at radius 3 is 2.71 bits per heavy atom. The first-order chi connectivity index (χ1) is 8.29. The number of aromatic nitrogens is 3. The Balaban J connectivity index is 1.86. The van der Waals surface area contributed by atoms with Crippen molar-refractivity contribution >= 4 is 5.69 Å². The molecule has 0 aliphatic rings. The van der Waals surface area contributed by atoms with Crippen molar-refractivity contribution in [1.29, 1.82) is 5.26 Å². The molecule has 0 aliphatic heterocycles. The van der Waals surface area contributed by atoms with Crippen LogP contribution in [0.1, 0.15) is 11.4 Å². The molecule has 86 valence electrons. The van der Waals surface area contributed by atoms with E-state index in [-0.39, 0.29) is 0 Å². The molecule has 0 amide bonds. The van der Waals surface area contributed by atoms with Crippen LogP contribution in [0.4, 0.5) is 5.69 Å². The summed E-state index contributed by atoms with van der Waals surface area (Å²) in [7, 11) is 1.93. The number of nitriles is 1. The number of hydrogen-bond donors (Lipinski definition) is 1. The Labute approximate surface area is 99.7 Å². The minimum absolute atomic E-state index is 0.670. The van der Waals surface area contributed by atoms with E-state index in [2.05, 4.69) is 21.6 Å². The Morgan fingerprint density at radius 2 is 2.12 bits per heavy atom. The van der Waals surface area contributed by atoms with Gasteiger partial charge in [-0.25, -0.2) is 0 Å². The number of benzene rings is 1. The molecule has 1 heterocycles. The summed E-state index contributed by atoms with van der Waals surface area (Å²) in [6.45, 7) is 0.790. The molecule has 2 aromatic rings. The Morgan fingerprint density at radius 1 is 1.35 bits per heavy atom. The van der Waals surface area contributed by atoms with E-state index in [9.17, 15) is 0 Å². The Kier molecular flexibility index (Phi) is 3.36. The molecule has 0 bridgehead atoms. The summed E-state index contributed by atoms with van der Waals surface area (Å²) in [4.78, 5) is 0. The van der Waals surface area contributed by atoms with Crippen LogP contribution < -0.4 is 5.32 Å². The number of anilines is 1. The molecule has 5 nitrogen and oxygen atoms in total. The SMILES string of the molecule is Cn1cnnc1CCNc1ccc(C#N)cc1. The highest BCUT2D eigenvalue weighted by Gasteiger charge is 1.99. The number of hydrogen-bond acceptors (Lipinski definition) is 4. The number of nitrogens with one attached hydrogen (secondary N) is 1. The molecule has 0 atom stereocenters. The minimum atomic E-state index is 0.670. The van der Waals surface area contributed by atoms with Crippen molar-refractivity contribution in [2.45, 2.75) is 6.42 Å². The van der Waals surface area contributed by atoms with Gasteiger partial charge in [0.15, 0.2) is 0 Å². The van der Waals surface area contributed by atoms with Gasteiger partial charge in [0, 0.05) is 25.7 Å². The van der Waals surface area contributed by atoms with Gasteiger partial charge in [0.05, 0.1) is 11.6 Å². The lowest BCUT2D eigenvalue weighted by Gasteiger charge is -2.05. The van der Waals surface area contributed by atoms with Gasteiger partial charge in [-0.2, -0.15) is 5.26 Å². The van der Waals surface area contributed by atoms with Gasteiger partial charge in [-0.15, -0.1) is 10.2 Å². The monoisotopic (exact) mass is 227 g/mol. The summed E-state index contributed by atoms with van der Waals surface area (Å²) in [5.74, 6) is 0.950. The van der Waals surface area contributed by atoms with Crippen LogP contribution in [0.2, 0.25) is 0 Å². The van der Waals surface area contributed by atoms with Gasteiger partial charge < -0.3 is 9.88 Å². The molecule has 0 fully saturated rings. The molecule has 1 N–H and O–H groups in total. The van der Waals surface area contributed by atoms with Crippen molar-refractivity contribution in [3.63, 3.8) is 0 Å². The standard InChI is InChI=1S/C12H13N5/c1-17-9-15-16-12(17)6-7-14-11-4-2-10(8-13)3-5-11/h2-5,9,14H,6-7H2,1H3. The molecule has 17 heavy (non-hydrogen) atoms. The van der Waals surface area contributed by atoms with Gasteiger partial charge in [-0.05, 0) is 24.3 Å². The zero-order valence-corrected chi connectivity index (χ0v) is 9.59. The average Bonchev–Trinajstić information content (AvgIpc) is 2.76. The van der Waals surface area contributed by atoms with Crippen molar-refractivity contribution in [3.05, 3.63) is 42.0 Å². The Hall–Kier alpha value is -2.35. The fourth-order valence-electron chi connectivity index (χ4n) is 1.51. The maximum Gasteiger partial charge on any atom is 0.134 e. The molecule has 1 aromatic carbocycles. The van der Waals surface area contributed by atoms with Crippen molar-refractivity contribution in [2.24, 2.45) is 7.05 Å². The van der Waals surface area contributed by atoms with E-state index in [1.54, 1.807) is 18.5 Å². The van der Waals surface area contributed by atoms with Gasteiger partial charge in [0.2, 0.25) is 0 Å². The highest BCUT2D eigenvalue weighted by atomic mass is 15.2. The molecule has 5 heteroatoms. The average molecular weight is 227 g/mol. The van der Waals surface area contributed by atoms with Crippen LogP contribution >= 0.6 is 0 Å². The van der Waals surface area contributed by atoms with Crippen molar-refractivity contribution in [3.8, 4) is 6.07 Å². The third-order valence-electron chi connectivity index (χ3n) is 2.50. The lowest BCUT2D eigenvalue weighted by Crippen LogP contribution is -2.08. The van der Waals surface area contributed by atoms with Crippen molar-refractivity contribution in [2.75, 3.05) is 11.9 Å². The number of rotatable bonds is 4. The van der Waals surface area contributed by atoms with E-state index >= 15 is 0 Å². The first-order valence-corrected chi connectivity index (χ1v) is 5.36. The topological polar surface area (TPSA) is 66.5 Å². The lowest BCUT2D eigenvalue weighted by molar-refractivity contribution is 0.788. The maximum absolute atomic E-state index is 8.67.